The summed E-state index contributed by atoms with van der Waals surface area (Å²) in [6.07, 6.45) is -1.52. The molecule has 3 amide bonds. The van der Waals surface area contributed by atoms with Crippen LogP contribution in [0.2, 0.25) is 0 Å². The van der Waals surface area contributed by atoms with Gasteiger partial charge in [0, 0.05) is 14.1 Å². The molecule has 22 heteroatoms. The minimum atomic E-state index is -1.16. The summed E-state index contributed by atoms with van der Waals surface area (Å²) < 4.78 is 63.5. The number of hydrogen-bond acceptors (Lipinski definition) is 18. The molecule has 0 spiro atoms. The van der Waals surface area contributed by atoms with Crippen LogP contribution in [0.5, 0.6) is 34.5 Å². The largest absolute Gasteiger partial charge is 0.493 e. The standard InChI is InChI=1S/C33H38N2O11.C23H28ClNO7/c1-6-33(25-15-11-8-12-16-25,21-44-30(37)24-17-26(40-3)29(42-5)27(18-24)41-4)35(2)32(39)46-22-45-28(36)19-34-31(38)43-20-23-13-9-7-10-14-23;1-6-23(17-10-8-7-9-11-17,25(2)22(27)32-15-24)14-31-21(26)16-12-18(28-3)20(30-5)19(13-16)29-4/h7-18H,6,19-22H2,1-5H3,(H,34,38);7-13H,6,14-15H2,1-5H3/t33-;23-/m11/s1. The molecular weight excluding hydrogens is 1040 g/mol. The van der Waals surface area contributed by atoms with E-state index in [4.69, 9.17) is 68.4 Å². The predicted octanol–water partition coefficient (Wildman–Crippen LogP) is 9.11. The molecule has 0 aliphatic heterocycles. The van der Waals surface area contributed by atoms with E-state index in [9.17, 15) is 28.8 Å². The lowest BCUT2D eigenvalue weighted by atomic mass is 9.86. The van der Waals surface area contributed by atoms with Gasteiger partial charge in [-0.15, -0.1) is 0 Å². The first kappa shape index (κ1) is 62.0. The van der Waals surface area contributed by atoms with E-state index < -0.39 is 60.6 Å². The Hall–Kier alpha value is -8.59. The summed E-state index contributed by atoms with van der Waals surface area (Å²) in [5.41, 5.74) is 0.458. The number of methoxy groups -OCH3 is 6. The molecule has 420 valence electrons. The van der Waals surface area contributed by atoms with Crippen molar-refractivity contribution < 1.29 is 85.6 Å². The van der Waals surface area contributed by atoms with Crippen LogP contribution in [0.1, 0.15) is 64.1 Å². The Morgan fingerprint density at radius 1 is 0.500 bits per heavy atom. The van der Waals surface area contributed by atoms with Crippen LogP contribution in [0.3, 0.4) is 0 Å². The first-order chi connectivity index (χ1) is 37.6. The van der Waals surface area contributed by atoms with Gasteiger partial charge in [-0.05, 0) is 53.8 Å². The third-order valence-corrected chi connectivity index (χ3v) is 12.6. The van der Waals surface area contributed by atoms with Gasteiger partial charge < -0.3 is 62.2 Å². The number of halogens is 1. The molecule has 5 aromatic carbocycles. The van der Waals surface area contributed by atoms with Gasteiger partial charge in [0.1, 0.15) is 37.4 Å². The fourth-order valence-electron chi connectivity index (χ4n) is 7.97. The first-order valence-corrected chi connectivity index (χ1v) is 24.6. The van der Waals surface area contributed by atoms with E-state index in [1.807, 2.05) is 68.4 Å². The number of ether oxygens (including phenoxy) is 12. The number of alkyl halides is 1. The van der Waals surface area contributed by atoms with Crippen LogP contribution in [-0.4, -0.2) is 135 Å². The number of rotatable bonds is 25. The topological polar surface area (TPSA) is 232 Å². The van der Waals surface area contributed by atoms with Crippen LogP contribution in [-0.2, 0) is 50.9 Å². The zero-order chi connectivity index (χ0) is 57.3. The van der Waals surface area contributed by atoms with Gasteiger partial charge in [-0.25, -0.2) is 24.0 Å². The van der Waals surface area contributed by atoms with Gasteiger partial charge >= 0.3 is 36.2 Å². The molecule has 2 atom stereocenters. The SMILES string of the molecule is CC[C@@](COC(=O)c1cc(OC)c(OC)c(OC)c1)(c1ccccc1)N(C)C(=O)OCCl.CC[C@@](COC(=O)c1cc(OC)c(OC)c(OC)c1)(c1ccccc1)N(C)C(=O)OCOC(=O)CNC(=O)OCc1ccccc1. The second-order valence-corrected chi connectivity index (χ2v) is 16.8. The Morgan fingerprint density at radius 2 is 0.885 bits per heavy atom. The molecule has 0 fully saturated rings. The highest BCUT2D eigenvalue weighted by Gasteiger charge is 2.42. The molecular formula is C56H66ClN3O18. The molecule has 0 aliphatic rings. The van der Waals surface area contributed by atoms with E-state index >= 15 is 0 Å². The molecule has 0 aliphatic carbocycles. The number of nitrogens with one attached hydrogen (secondary N) is 1. The molecule has 0 radical (unpaired) electrons. The number of likely N-dealkylation sites (N-methyl/N-ethyl adjacent to an activating group) is 2. The highest BCUT2D eigenvalue weighted by molar-refractivity contribution is 6.17. The second-order valence-electron chi connectivity index (χ2n) is 16.6. The summed E-state index contributed by atoms with van der Waals surface area (Å²) in [4.78, 5) is 78.5. The normalized spacial score (nSPS) is 11.9. The number of nitrogens with zero attached hydrogens (tertiary/aromatic N) is 2. The van der Waals surface area contributed by atoms with E-state index in [0.717, 1.165) is 11.1 Å². The molecule has 5 aromatic rings. The molecule has 0 aromatic heterocycles. The molecule has 5 rings (SSSR count). The minimum absolute atomic E-state index is 0.0318. The summed E-state index contributed by atoms with van der Waals surface area (Å²) in [5, 5.41) is 2.27. The number of amides is 3. The molecule has 21 nitrogen and oxygen atoms in total. The van der Waals surface area contributed by atoms with Gasteiger partial charge in [0.15, 0.2) is 29.1 Å². The Kier molecular flexibility index (Phi) is 24.5. The molecule has 0 heterocycles. The maximum atomic E-state index is 13.2. The number of esters is 3. The molecule has 0 unspecified atom stereocenters. The van der Waals surface area contributed by atoms with Gasteiger partial charge in [0.2, 0.25) is 18.3 Å². The monoisotopic (exact) mass is 1100 g/mol. The Bertz CT molecular complexity index is 2700. The van der Waals surface area contributed by atoms with Gasteiger partial charge in [-0.2, -0.15) is 0 Å². The number of carbonyl (C=O) groups excluding carboxylic acids is 6. The Morgan fingerprint density at radius 3 is 1.24 bits per heavy atom. The van der Waals surface area contributed by atoms with Crippen molar-refractivity contribution in [3.8, 4) is 34.5 Å². The predicted molar refractivity (Wildman–Crippen MR) is 284 cm³/mol. The fraction of sp³-hybridized carbons (Fsp3) is 0.357. The smallest absolute Gasteiger partial charge is 0.413 e. The summed E-state index contributed by atoms with van der Waals surface area (Å²) in [7, 11) is 11.8. The summed E-state index contributed by atoms with van der Waals surface area (Å²) >= 11 is 5.58. The highest BCUT2D eigenvalue weighted by Crippen LogP contribution is 2.41. The number of hydrogen-bond donors (Lipinski definition) is 1. The molecule has 0 saturated carbocycles. The maximum absolute atomic E-state index is 13.2. The van der Waals surface area contributed by atoms with Crippen molar-refractivity contribution >= 4 is 47.8 Å². The van der Waals surface area contributed by atoms with E-state index in [0.29, 0.717) is 41.4 Å². The lowest BCUT2D eigenvalue weighted by molar-refractivity contribution is -0.151. The average molecular weight is 1100 g/mol. The van der Waals surface area contributed by atoms with Gasteiger partial charge in [-0.3, -0.25) is 14.6 Å². The quantitative estimate of drug-likeness (QED) is 0.0248. The van der Waals surface area contributed by atoms with Gasteiger partial charge in [0.25, 0.3) is 0 Å². The van der Waals surface area contributed by atoms with Crippen molar-refractivity contribution in [2.24, 2.45) is 0 Å². The van der Waals surface area contributed by atoms with Crippen molar-refractivity contribution in [2.75, 3.05) is 89.4 Å². The van der Waals surface area contributed by atoms with E-state index in [1.165, 1.54) is 83.8 Å². The van der Waals surface area contributed by atoms with Crippen molar-refractivity contribution in [2.45, 2.75) is 44.4 Å². The Balaban J connectivity index is 0.000000359. The number of benzene rings is 5. The lowest BCUT2D eigenvalue weighted by Crippen LogP contribution is -2.50. The molecule has 1 N–H and O–H groups in total. The highest BCUT2D eigenvalue weighted by atomic mass is 35.5. The van der Waals surface area contributed by atoms with Crippen LogP contribution in [0.25, 0.3) is 0 Å². The number of alkyl carbamates (subject to hydrolysis) is 1. The maximum Gasteiger partial charge on any atom is 0.413 e. The molecule has 0 bridgehead atoms. The average Bonchev–Trinajstić information content (AvgIpc) is 3.52. The zero-order valence-electron chi connectivity index (χ0n) is 45.2. The van der Waals surface area contributed by atoms with E-state index in [-0.39, 0.29) is 48.5 Å². The fourth-order valence-corrected chi connectivity index (χ4v) is 8.06. The molecule has 0 saturated heterocycles. The van der Waals surface area contributed by atoms with Crippen LogP contribution in [0.15, 0.2) is 115 Å². The lowest BCUT2D eigenvalue weighted by Gasteiger charge is -2.40. The van der Waals surface area contributed by atoms with E-state index in [2.05, 4.69) is 5.32 Å². The van der Waals surface area contributed by atoms with Gasteiger partial charge in [-0.1, -0.05) is 116 Å². The number of carbonyl (C=O) groups is 6. The third kappa shape index (κ3) is 16.0. The summed E-state index contributed by atoms with van der Waals surface area (Å²) in [5.74, 6) is -0.288. The summed E-state index contributed by atoms with van der Waals surface area (Å²) in [6.45, 7) is 2.17. The Labute approximate surface area is 458 Å². The van der Waals surface area contributed by atoms with E-state index in [1.54, 1.807) is 43.4 Å². The third-order valence-electron chi connectivity index (χ3n) is 12.5. The van der Waals surface area contributed by atoms with Crippen molar-refractivity contribution in [1.29, 1.82) is 0 Å². The minimum Gasteiger partial charge on any atom is -0.493 e. The van der Waals surface area contributed by atoms with Gasteiger partial charge in [0.05, 0.1) is 53.8 Å². The van der Waals surface area contributed by atoms with Crippen LogP contribution >= 0.6 is 11.6 Å². The molecule has 78 heavy (non-hydrogen) atoms. The van der Waals surface area contributed by atoms with Crippen molar-refractivity contribution in [1.82, 2.24) is 15.1 Å². The van der Waals surface area contributed by atoms with Crippen LogP contribution in [0.4, 0.5) is 14.4 Å². The van der Waals surface area contributed by atoms with Crippen LogP contribution < -0.4 is 33.7 Å². The first-order valence-electron chi connectivity index (χ1n) is 24.1. The zero-order valence-corrected chi connectivity index (χ0v) is 46.0. The second kappa shape index (κ2) is 30.8. The van der Waals surface area contributed by atoms with Crippen LogP contribution in [0, 0.1) is 0 Å². The summed E-state index contributed by atoms with van der Waals surface area (Å²) in [6, 6.07) is 32.9. The van der Waals surface area contributed by atoms with Crippen molar-refractivity contribution in [3.05, 3.63) is 143 Å². The van der Waals surface area contributed by atoms with Crippen molar-refractivity contribution in [3.63, 3.8) is 0 Å².